The highest BCUT2D eigenvalue weighted by molar-refractivity contribution is 7.81. The van der Waals surface area contributed by atoms with Gasteiger partial charge in [0.05, 0.1) is 11.9 Å². The van der Waals surface area contributed by atoms with Crippen LogP contribution in [0.4, 0.5) is 0 Å². The molecule has 4 heteroatoms. The van der Waals surface area contributed by atoms with Crippen molar-refractivity contribution in [2.45, 2.75) is 19.4 Å². The number of aliphatic hydroxyl groups excluding tert-OH is 1. The summed E-state index contributed by atoms with van der Waals surface area (Å²) in [5.41, 5.74) is 0. The number of rotatable bonds is 4. The minimum Gasteiger partial charge on any atom is -0.393 e. The molecule has 0 aliphatic rings. The Morgan fingerprint density at radius 3 is 2.64 bits per heavy atom. The molecule has 0 aromatic heterocycles. The summed E-state index contributed by atoms with van der Waals surface area (Å²) >= 11 is 3.85. The number of thiol groups is 1. The first kappa shape index (κ1) is 10.8. The van der Waals surface area contributed by atoms with E-state index in [-0.39, 0.29) is 17.8 Å². The Morgan fingerprint density at radius 2 is 2.27 bits per heavy atom. The normalized spacial score (nSPS) is 12.7. The summed E-state index contributed by atoms with van der Waals surface area (Å²) < 4.78 is 0. The lowest BCUT2D eigenvalue weighted by Gasteiger charge is -2.16. The van der Waals surface area contributed by atoms with Crippen LogP contribution in [-0.4, -0.2) is 41.4 Å². The van der Waals surface area contributed by atoms with E-state index in [1.807, 2.05) is 0 Å². The number of nitrogens with zero attached hydrogens (tertiary/aromatic N) is 1. The number of aliphatic hydroxyl groups is 1. The van der Waals surface area contributed by atoms with Crippen LogP contribution in [0.1, 0.15) is 13.3 Å². The van der Waals surface area contributed by atoms with Gasteiger partial charge in [-0.15, -0.1) is 0 Å². The van der Waals surface area contributed by atoms with E-state index < -0.39 is 0 Å². The molecule has 0 aromatic rings. The summed E-state index contributed by atoms with van der Waals surface area (Å²) in [6.07, 6.45) is 0.279. The lowest BCUT2D eigenvalue weighted by atomic mass is 10.3. The van der Waals surface area contributed by atoms with Crippen LogP contribution in [0, 0.1) is 0 Å². The highest BCUT2D eigenvalue weighted by atomic mass is 32.1. The molecule has 0 aliphatic carbocycles. The Kier molecular flexibility index (Phi) is 5.32. The second-order valence-corrected chi connectivity index (χ2v) is 2.93. The van der Waals surface area contributed by atoms with E-state index in [0.717, 1.165) is 0 Å². The zero-order valence-corrected chi connectivity index (χ0v) is 7.84. The van der Waals surface area contributed by atoms with E-state index >= 15 is 0 Å². The molecule has 1 amide bonds. The van der Waals surface area contributed by atoms with E-state index in [4.69, 9.17) is 5.11 Å². The zero-order chi connectivity index (χ0) is 8.85. The molecule has 0 heterocycles. The molecular weight excluding hydrogens is 162 g/mol. The Bertz CT molecular complexity index is 128. The third-order valence-electron chi connectivity index (χ3n) is 1.44. The molecule has 0 aromatic carbocycles. The van der Waals surface area contributed by atoms with E-state index in [1.54, 1.807) is 18.9 Å². The minimum absolute atomic E-state index is 0.00557. The fourth-order valence-electron chi connectivity index (χ4n) is 0.626. The van der Waals surface area contributed by atoms with Crippen molar-refractivity contribution in [3.8, 4) is 0 Å². The van der Waals surface area contributed by atoms with Crippen LogP contribution in [0.3, 0.4) is 0 Å². The molecule has 0 spiro atoms. The van der Waals surface area contributed by atoms with Gasteiger partial charge in [0.25, 0.3) is 0 Å². The van der Waals surface area contributed by atoms with Crippen LogP contribution < -0.4 is 0 Å². The molecule has 0 saturated carbocycles. The van der Waals surface area contributed by atoms with Crippen LogP contribution in [0.15, 0.2) is 0 Å². The summed E-state index contributed by atoms with van der Waals surface area (Å²) in [5, 5.41) is 8.90. The largest absolute Gasteiger partial charge is 0.393 e. The van der Waals surface area contributed by atoms with Gasteiger partial charge < -0.3 is 10.0 Å². The lowest BCUT2D eigenvalue weighted by molar-refractivity contribution is -0.127. The van der Waals surface area contributed by atoms with Gasteiger partial charge in [0.2, 0.25) is 5.91 Å². The number of carbonyl (C=O) groups excluding carboxylic acids is 1. The zero-order valence-electron chi connectivity index (χ0n) is 6.95. The second-order valence-electron chi connectivity index (χ2n) is 2.61. The molecule has 1 N–H and O–H groups in total. The van der Waals surface area contributed by atoms with Crippen molar-refractivity contribution in [1.82, 2.24) is 4.90 Å². The van der Waals surface area contributed by atoms with Gasteiger partial charge in [-0.05, 0) is 13.3 Å². The maximum Gasteiger partial charge on any atom is 0.232 e. The van der Waals surface area contributed by atoms with Gasteiger partial charge in [-0.25, -0.2) is 0 Å². The Hall–Kier alpha value is -0.220. The van der Waals surface area contributed by atoms with E-state index in [0.29, 0.717) is 13.0 Å². The number of carbonyl (C=O) groups is 1. The molecule has 66 valence electrons. The van der Waals surface area contributed by atoms with Crippen molar-refractivity contribution < 1.29 is 9.90 Å². The second kappa shape index (κ2) is 5.43. The van der Waals surface area contributed by atoms with Gasteiger partial charge in [0.1, 0.15) is 0 Å². The molecule has 0 saturated heterocycles. The van der Waals surface area contributed by atoms with Gasteiger partial charge in [-0.1, -0.05) is 0 Å². The fourth-order valence-corrected chi connectivity index (χ4v) is 0.867. The van der Waals surface area contributed by atoms with E-state index in [1.165, 1.54) is 0 Å². The average Bonchev–Trinajstić information content (AvgIpc) is 1.98. The first-order valence-corrected chi connectivity index (χ1v) is 4.24. The van der Waals surface area contributed by atoms with Crippen LogP contribution in [0.5, 0.6) is 0 Å². The van der Waals surface area contributed by atoms with E-state index in [2.05, 4.69) is 12.6 Å². The standard InChI is InChI=1S/C7H15NO2S/c1-6(9)3-4-8(2)7(10)5-11/h6,9,11H,3-5H2,1-2H3. The smallest absolute Gasteiger partial charge is 0.232 e. The minimum atomic E-state index is -0.342. The molecule has 1 atom stereocenters. The van der Waals surface area contributed by atoms with Gasteiger partial charge in [-0.2, -0.15) is 12.6 Å². The lowest BCUT2D eigenvalue weighted by Crippen LogP contribution is -2.30. The van der Waals surface area contributed by atoms with Crippen molar-refractivity contribution in [1.29, 1.82) is 0 Å². The van der Waals surface area contributed by atoms with Crippen LogP contribution in [0.25, 0.3) is 0 Å². The van der Waals surface area contributed by atoms with Gasteiger partial charge in [0.15, 0.2) is 0 Å². The first-order valence-electron chi connectivity index (χ1n) is 3.60. The Labute approximate surface area is 72.8 Å². The quantitative estimate of drug-likeness (QED) is 0.600. The van der Waals surface area contributed by atoms with Crippen LogP contribution >= 0.6 is 12.6 Å². The highest BCUT2D eigenvalue weighted by Crippen LogP contribution is 1.94. The highest BCUT2D eigenvalue weighted by Gasteiger charge is 2.06. The molecule has 3 nitrogen and oxygen atoms in total. The Balaban J connectivity index is 3.52. The molecule has 11 heavy (non-hydrogen) atoms. The monoisotopic (exact) mass is 177 g/mol. The maximum atomic E-state index is 10.9. The van der Waals surface area contributed by atoms with Crippen molar-refractivity contribution in [3.05, 3.63) is 0 Å². The predicted octanol–water partition coefficient (Wildman–Crippen LogP) is 0.146. The van der Waals surface area contributed by atoms with Crippen molar-refractivity contribution in [2.75, 3.05) is 19.3 Å². The maximum absolute atomic E-state index is 10.9. The third-order valence-corrected chi connectivity index (χ3v) is 1.71. The SMILES string of the molecule is CC(O)CCN(C)C(=O)CS. The van der Waals surface area contributed by atoms with Crippen molar-refractivity contribution in [2.24, 2.45) is 0 Å². The third kappa shape index (κ3) is 5.09. The molecule has 1 unspecified atom stereocenters. The van der Waals surface area contributed by atoms with Crippen LogP contribution in [-0.2, 0) is 4.79 Å². The van der Waals surface area contributed by atoms with Crippen molar-refractivity contribution >= 4 is 18.5 Å². The summed E-state index contributed by atoms with van der Waals surface area (Å²) in [5.74, 6) is 0.227. The van der Waals surface area contributed by atoms with Gasteiger partial charge in [-0.3, -0.25) is 4.79 Å². The Morgan fingerprint density at radius 1 is 1.73 bits per heavy atom. The molecule has 0 rings (SSSR count). The number of hydrogen-bond acceptors (Lipinski definition) is 3. The van der Waals surface area contributed by atoms with E-state index in [9.17, 15) is 4.79 Å². The first-order chi connectivity index (χ1) is 5.07. The topological polar surface area (TPSA) is 40.5 Å². The predicted molar refractivity (Wildman–Crippen MR) is 47.8 cm³/mol. The number of amides is 1. The molecule has 0 fully saturated rings. The average molecular weight is 177 g/mol. The summed E-state index contributed by atoms with van der Waals surface area (Å²) in [6, 6.07) is 0. The summed E-state index contributed by atoms with van der Waals surface area (Å²) in [7, 11) is 1.71. The van der Waals surface area contributed by atoms with Gasteiger partial charge in [0, 0.05) is 13.6 Å². The fraction of sp³-hybridized carbons (Fsp3) is 0.857. The summed E-state index contributed by atoms with van der Waals surface area (Å²) in [4.78, 5) is 12.5. The van der Waals surface area contributed by atoms with Crippen LogP contribution in [0.2, 0.25) is 0 Å². The molecular formula is C7H15NO2S. The number of hydrogen-bond donors (Lipinski definition) is 2. The van der Waals surface area contributed by atoms with Crippen molar-refractivity contribution in [3.63, 3.8) is 0 Å². The molecule has 0 bridgehead atoms. The molecule has 0 aliphatic heterocycles. The van der Waals surface area contributed by atoms with Gasteiger partial charge >= 0.3 is 0 Å². The summed E-state index contributed by atoms with van der Waals surface area (Å²) in [6.45, 7) is 2.30. The molecule has 0 radical (unpaired) electrons.